The Balaban J connectivity index is 1.58. The van der Waals surface area contributed by atoms with E-state index >= 15 is 0 Å². The SMILES string of the molecule is COc1ccc(N2C(=O)NC(=O)/C(=C\c3cc(Br)ccc3OCC(=O)Nc3ccccc3)C2=O)cc1. The van der Waals surface area contributed by atoms with Crippen LogP contribution in [0.2, 0.25) is 0 Å². The van der Waals surface area contributed by atoms with E-state index in [4.69, 9.17) is 9.47 Å². The molecule has 5 amide bonds. The molecule has 0 saturated carbocycles. The molecule has 2 N–H and O–H groups in total. The van der Waals surface area contributed by atoms with Crippen molar-refractivity contribution in [1.82, 2.24) is 5.32 Å². The van der Waals surface area contributed by atoms with Gasteiger partial charge in [0.25, 0.3) is 17.7 Å². The Morgan fingerprint density at radius 3 is 2.44 bits per heavy atom. The number of methoxy groups -OCH3 is 1. The first-order valence-electron chi connectivity index (χ1n) is 10.7. The number of urea groups is 1. The second-order valence-electron chi connectivity index (χ2n) is 7.54. The smallest absolute Gasteiger partial charge is 0.335 e. The van der Waals surface area contributed by atoms with Gasteiger partial charge in [-0.2, -0.15) is 0 Å². The number of hydrogen-bond acceptors (Lipinski definition) is 6. The van der Waals surface area contributed by atoms with E-state index in [1.54, 1.807) is 54.6 Å². The average molecular weight is 550 g/mol. The summed E-state index contributed by atoms with van der Waals surface area (Å²) in [5.74, 6) is -1.22. The third-order valence-electron chi connectivity index (χ3n) is 5.12. The molecule has 0 spiro atoms. The average Bonchev–Trinajstić information content (AvgIpc) is 2.87. The van der Waals surface area contributed by atoms with Gasteiger partial charge in [0.05, 0.1) is 12.8 Å². The quantitative estimate of drug-likeness (QED) is 0.338. The minimum absolute atomic E-state index is 0.264. The molecule has 36 heavy (non-hydrogen) atoms. The molecule has 4 rings (SSSR count). The van der Waals surface area contributed by atoms with Crippen LogP contribution in [0.25, 0.3) is 6.08 Å². The highest BCUT2D eigenvalue weighted by atomic mass is 79.9. The minimum Gasteiger partial charge on any atom is -0.497 e. The van der Waals surface area contributed by atoms with Gasteiger partial charge in [-0.15, -0.1) is 0 Å². The van der Waals surface area contributed by atoms with Crippen molar-refractivity contribution in [2.45, 2.75) is 0 Å². The standard InChI is InChI=1S/C26H20BrN3O6/c1-35-20-10-8-19(9-11-20)30-25(33)21(24(32)29-26(30)34)14-16-13-17(27)7-12-22(16)36-15-23(31)28-18-5-3-2-4-6-18/h2-14H,15H2,1H3,(H,28,31)(H,29,32,34)/b21-14+. The number of anilines is 2. The Kier molecular flexibility index (Phi) is 7.45. The van der Waals surface area contributed by atoms with Gasteiger partial charge in [0.2, 0.25) is 0 Å². The summed E-state index contributed by atoms with van der Waals surface area (Å²) in [6.45, 7) is -0.302. The van der Waals surface area contributed by atoms with Crippen LogP contribution >= 0.6 is 15.9 Å². The molecule has 0 unspecified atom stereocenters. The predicted molar refractivity (Wildman–Crippen MR) is 137 cm³/mol. The zero-order chi connectivity index (χ0) is 25.7. The van der Waals surface area contributed by atoms with Crippen LogP contribution in [0.15, 0.2) is 82.8 Å². The number of ether oxygens (including phenoxy) is 2. The fraction of sp³-hybridized carbons (Fsp3) is 0.0769. The normalized spacial score (nSPS) is 14.4. The van der Waals surface area contributed by atoms with Gasteiger partial charge in [-0.05, 0) is 60.7 Å². The van der Waals surface area contributed by atoms with Gasteiger partial charge in [-0.1, -0.05) is 34.1 Å². The number of benzene rings is 3. The molecule has 1 aliphatic heterocycles. The summed E-state index contributed by atoms with van der Waals surface area (Å²) < 4.78 is 11.4. The van der Waals surface area contributed by atoms with E-state index in [2.05, 4.69) is 26.6 Å². The van der Waals surface area contributed by atoms with Crippen molar-refractivity contribution in [3.63, 3.8) is 0 Å². The fourth-order valence-electron chi connectivity index (χ4n) is 3.40. The molecule has 0 aromatic heterocycles. The van der Waals surface area contributed by atoms with Gasteiger partial charge in [0.1, 0.15) is 17.1 Å². The Labute approximate surface area is 214 Å². The molecule has 10 heteroatoms. The molecule has 9 nitrogen and oxygen atoms in total. The van der Waals surface area contributed by atoms with Crippen LogP contribution in [-0.2, 0) is 14.4 Å². The number of barbiturate groups is 1. The van der Waals surface area contributed by atoms with Gasteiger partial charge >= 0.3 is 6.03 Å². The second kappa shape index (κ2) is 10.9. The van der Waals surface area contributed by atoms with Crippen molar-refractivity contribution in [2.24, 2.45) is 0 Å². The molecule has 1 aliphatic rings. The molecular formula is C26H20BrN3O6. The highest BCUT2D eigenvalue weighted by molar-refractivity contribution is 9.10. The van der Waals surface area contributed by atoms with Crippen LogP contribution in [0.5, 0.6) is 11.5 Å². The van der Waals surface area contributed by atoms with Gasteiger partial charge in [0.15, 0.2) is 6.61 Å². The number of hydrogen-bond donors (Lipinski definition) is 2. The van der Waals surface area contributed by atoms with E-state index in [0.717, 1.165) is 4.90 Å². The zero-order valence-corrected chi connectivity index (χ0v) is 20.6. The molecule has 0 atom stereocenters. The number of nitrogens with one attached hydrogen (secondary N) is 2. The molecule has 0 aliphatic carbocycles. The monoisotopic (exact) mass is 549 g/mol. The summed E-state index contributed by atoms with van der Waals surface area (Å²) in [6.07, 6.45) is 1.32. The first-order chi connectivity index (χ1) is 17.4. The van der Waals surface area contributed by atoms with Crippen LogP contribution in [-0.4, -0.2) is 37.5 Å². The maximum absolute atomic E-state index is 13.2. The van der Waals surface area contributed by atoms with Gasteiger partial charge in [-0.25, -0.2) is 9.69 Å². The molecule has 3 aromatic carbocycles. The minimum atomic E-state index is -0.865. The number of amides is 5. The number of imide groups is 2. The summed E-state index contributed by atoms with van der Waals surface area (Å²) in [5.41, 5.74) is 0.971. The molecule has 1 heterocycles. The van der Waals surface area contributed by atoms with E-state index in [1.165, 1.54) is 25.3 Å². The van der Waals surface area contributed by atoms with Crippen LogP contribution in [0.1, 0.15) is 5.56 Å². The van der Waals surface area contributed by atoms with Crippen molar-refractivity contribution in [1.29, 1.82) is 0 Å². The summed E-state index contributed by atoms with van der Waals surface area (Å²) in [5, 5.41) is 4.90. The maximum Gasteiger partial charge on any atom is 0.335 e. The molecular weight excluding hydrogens is 530 g/mol. The summed E-state index contributed by atoms with van der Waals surface area (Å²) in [7, 11) is 1.50. The first-order valence-corrected chi connectivity index (χ1v) is 11.5. The van der Waals surface area contributed by atoms with E-state index in [1.807, 2.05) is 6.07 Å². The number of nitrogens with zero attached hydrogens (tertiary/aromatic N) is 1. The van der Waals surface area contributed by atoms with Crippen LogP contribution < -0.4 is 25.0 Å². The van der Waals surface area contributed by atoms with Gasteiger partial charge in [0, 0.05) is 15.7 Å². The topological polar surface area (TPSA) is 114 Å². The molecule has 0 bridgehead atoms. The van der Waals surface area contributed by atoms with Gasteiger partial charge < -0.3 is 14.8 Å². The molecule has 0 radical (unpaired) electrons. The van der Waals surface area contributed by atoms with Crippen LogP contribution in [0, 0.1) is 0 Å². The third-order valence-corrected chi connectivity index (χ3v) is 5.61. The summed E-state index contributed by atoms with van der Waals surface area (Å²) in [4.78, 5) is 51.4. The van der Waals surface area contributed by atoms with Crippen LogP contribution in [0.3, 0.4) is 0 Å². The third kappa shape index (κ3) is 5.61. The van der Waals surface area contributed by atoms with E-state index in [-0.39, 0.29) is 29.5 Å². The predicted octanol–water partition coefficient (Wildman–Crippen LogP) is 4.14. The lowest BCUT2D eigenvalue weighted by molar-refractivity contribution is -0.122. The fourth-order valence-corrected chi connectivity index (χ4v) is 3.78. The van der Waals surface area contributed by atoms with E-state index in [9.17, 15) is 19.2 Å². The lowest BCUT2D eigenvalue weighted by atomic mass is 10.1. The molecule has 182 valence electrons. The molecule has 1 saturated heterocycles. The van der Waals surface area contributed by atoms with Crippen molar-refractivity contribution >= 4 is 57.1 Å². The number of carbonyl (C=O) groups excluding carboxylic acids is 4. The second-order valence-corrected chi connectivity index (χ2v) is 8.46. The van der Waals surface area contributed by atoms with Crippen LogP contribution in [0.4, 0.5) is 16.2 Å². The highest BCUT2D eigenvalue weighted by Gasteiger charge is 2.37. The van der Waals surface area contributed by atoms with Gasteiger partial charge in [-0.3, -0.25) is 19.7 Å². The zero-order valence-electron chi connectivity index (χ0n) is 19.0. The van der Waals surface area contributed by atoms with Crippen molar-refractivity contribution in [3.05, 3.63) is 88.4 Å². The number of rotatable bonds is 7. The lowest BCUT2D eigenvalue weighted by Crippen LogP contribution is -2.54. The Bertz CT molecular complexity index is 1360. The lowest BCUT2D eigenvalue weighted by Gasteiger charge is -2.26. The largest absolute Gasteiger partial charge is 0.497 e. The number of para-hydroxylation sites is 1. The van der Waals surface area contributed by atoms with Crippen molar-refractivity contribution in [2.75, 3.05) is 23.9 Å². The Morgan fingerprint density at radius 1 is 1.03 bits per heavy atom. The number of carbonyl (C=O) groups is 4. The Morgan fingerprint density at radius 2 is 1.75 bits per heavy atom. The number of halogens is 1. The first kappa shape index (κ1) is 24.7. The van der Waals surface area contributed by atoms with E-state index < -0.39 is 17.8 Å². The highest BCUT2D eigenvalue weighted by Crippen LogP contribution is 2.28. The summed E-state index contributed by atoms with van der Waals surface area (Å²) >= 11 is 3.36. The summed E-state index contributed by atoms with van der Waals surface area (Å²) in [6, 6.07) is 19.2. The van der Waals surface area contributed by atoms with Crippen molar-refractivity contribution < 1.29 is 28.7 Å². The molecule has 3 aromatic rings. The van der Waals surface area contributed by atoms with E-state index in [0.29, 0.717) is 21.5 Å². The maximum atomic E-state index is 13.2. The van der Waals surface area contributed by atoms with Crippen molar-refractivity contribution in [3.8, 4) is 11.5 Å². The molecule has 1 fully saturated rings. The Hall–Kier alpha value is -4.44.